The lowest BCUT2D eigenvalue weighted by Gasteiger charge is -2.08. The summed E-state index contributed by atoms with van der Waals surface area (Å²) in [6.45, 7) is 4.23. The summed E-state index contributed by atoms with van der Waals surface area (Å²) in [5.41, 5.74) is 2.38. The minimum Gasteiger partial charge on any atom is -0.365 e. The summed E-state index contributed by atoms with van der Waals surface area (Å²) in [4.78, 5) is 7.76. The van der Waals surface area contributed by atoms with E-state index in [4.69, 9.17) is 0 Å². The summed E-state index contributed by atoms with van der Waals surface area (Å²) in [6, 6.07) is 4.10. The van der Waals surface area contributed by atoms with E-state index in [-0.39, 0.29) is 5.54 Å². The van der Waals surface area contributed by atoms with Gasteiger partial charge in [0.25, 0.3) is 0 Å². The summed E-state index contributed by atoms with van der Waals surface area (Å²) in [6.07, 6.45) is 7.11. The number of aliphatic imine (C=N–C) groups is 1. The van der Waals surface area contributed by atoms with Crippen LogP contribution in [0.5, 0.6) is 0 Å². The van der Waals surface area contributed by atoms with E-state index in [1.165, 1.54) is 5.69 Å². The first-order chi connectivity index (χ1) is 6.16. The van der Waals surface area contributed by atoms with Crippen LogP contribution in [0.25, 0.3) is 0 Å². The molecule has 0 saturated heterocycles. The van der Waals surface area contributed by atoms with Gasteiger partial charge >= 0.3 is 0 Å². The van der Waals surface area contributed by atoms with Crippen molar-refractivity contribution in [1.29, 1.82) is 0 Å². The molecule has 1 N–H and O–H groups in total. The zero-order valence-corrected chi connectivity index (χ0v) is 8.04. The van der Waals surface area contributed by atoms with Crippen molar-refractivity contribution in [3.8, 4) is 0 Å². The van der Waals surface area contributed by atoms with Crippen molar-refractivity contribution in [1.82, 2.24) is 4.98 Å². The molecule has 1 aromatic rings. The molecule has 0 aromatic carbocycles. The maximum absolute atomic E-state index is 4.58. The van der Waals surface area contributed by atoms with Crippen LogP contribution in [0, 0.1) is 0 Å². The highest BCUT2D eigenvalue weighted by Crippen LogP contribution is 2.18. The standard InChI is InChI=1S/C11H14N2/c1-11(2)6-5-10(13-11)8-9-4-3-7-12-9/h3-7,12H,8H2,1-2H3. The molecule has 0 unspecified atom stereocenters. The topological polar surface area (TPSA) is 28.1 Å². The van der Waals surface area contributed by atoms with E-state index in [0.29, 0.717) is 0 Å². The molecule has 2 heterocycles. The summed E-state index contributed by atoms with van der Waals surface area (Å²) >= 11 is 0. The Kier molecular flexibility index (Phi) is 1.83. The second-order valence-electron chi connectivity index (χ2n) is 3.96. The van der Waals surface area contributed by atoms with E-state index >= 15 is 0 Å². The number of hydrogen-bond donors (Lipinski definition) is 1. The zero-order valence-electron chi connectivity index (χ0n) is 8.04. The molecule has 1 aliphatic rings. The van der Waals surface area contributed by atoms with Crippen LogP contribution in [0.3, 0.4) is 0 Å². The Morgan fingerprint density at radius 2 is 2.31 bits per heavy atom. The van der Waals surface area contributed by atoms with Crippen molar-refractivity contribution in [2.75, 3.05) is 0 Å². The Morgan fingerprint density at radius 3 is 2.85 bits per heavy atom. The van der Waals surface area contributed by atoms with Gasteiger partial charge in [-0.15, -0.1) is 0 Å². The van der Waals surface area contributed by atoms with Crippen molar-refractivity contribution >= 4 is 5.71 Å². The van der Waals surface area contributed by atoms with E-state index in [1.807, 2.05) is 12.3 Å². The fourth-order valence-corrected chi connectivity index (χ4v) is 1.52. The molecule has 0 bridgehead atoms. The Hall–Kier alpha value is -1.31. The van der Waals surface area contributed by atoms with Gasteiger partial charge in [0.05, 0.1) is 5.54 Å². The maximum Gasteiger partial charge on any atom is 0.0738 e. The third-order valence-electron chi connectivity index (χ3n) is 2.15. The zero-order chi connectivity index (χ0) is 9.31. The Morgan fingerprint density at radius 1 is 1.46 bits per heavy atom. The minimum atomic E-state index is 0.00191. The van der Waals surface area contributed by atoms with E-state index in [1.54, 1.807) is 0 Å². The number of H-pyrrole nitrogens is 1. The number of rotatable bonds is 2. The van der Waals surface area contributed by atoms with Gasteiger partial charge < -0.3 is 4.98 Å². The third-order valence-corrected chi connectivity index (χ3v) is 2.15. The van der Waals surface area contributed by atoms with E-state index < -0.39 is 0 Å². The van der Waals surface area contributed by atoms with Crippen LogP contribution in [0.15, 0.2) is 35.5 Å². The molecule has 1 aliphatic heterocycles. The highest BCUT2D eigenvalue weighted by molar-refractivity contribution is 5.98. The first-order valence-corrected chi connectivity index (χ1v) is 4.56. The van der Waals surface area contributed by atoms with Crippen LogP contribution in [0.2, 0.25) is 0 Å². The number of hydrogen-bond acceptors (Lipinski definition) is 1. The Labute approximate surface area is 78.4 Å². The molecule has 68 valence electrons. The predicted octanol–water partition coefficient (Wildman–Crippen LogP) is 2.35. The summed E-state index contributed by atoms with van der Waals surface area (Å²) in [5.74, 6) is 0. The first-order valence-electron chi connectivity index (χ1n) is 4.56. The molecule has 2 rings (SSSR count). The number of allylic oxidation sites excluding steroid dienone is 1. The second kappa shape index (κ2) is 2.87. The molecule has 0 atom stereocenters. The highest BCUT2D eigenvalue weighted by atomic mass is 14.9. The lowest BCUT2D eigenvalue weighted by Crippen LogP contribution is -2.09. The van der Waals surface area contributed by atoms with Gasteiger partial charge in [-0.1, -0.05) is 6.08 Å². The molecule has 13 heavy (non-hydrogen) atoms. The molecular weight excluding hydrogens is 160 g/mol. The van der Waals surface area contributed by atoms with Gasteiger partial charge in [0.1, 0.15) is 0 Å². The highest BCUT2D eigenvalue weighted by Gasteiger charge is 2.17. The summed E-state index contributed by atoms with van der Waals surface area (Å²) in [5, 5.41) is 0. The molecular formula is C11H14N2. The van der Waals surface area contributed by atoms with Crippen LogP contribution >= 0.6 is 0 Å². The fourth-order valence-electron chi connectivity index (χ4n) is 1.52. The van der Waals surface area contributed by atoms with Crippen molar-refractivity contribution in [2.24, 2.45) is 4.99 Å². The van der Waals surface area contributed by atoms with Crippen LogP contribution in [0.1, 0.15) is 19.5 Å². The van der Waals surface area contributed by atoms with Gasteiger partial charge in [-0.25, -0.2) is 0 Å². The van der Waals surface area contributed by atoms with Gasteiger partial charge in [-0.3, -0.25) is 4.99 Å². The Balaban J connectivity index is 2.10. The number of aromatic nitrogens is 1. The molecule has 2 nitrogen and oxygen atoms in total. The number of nitrogens with zero attached hydrogens (tertiary/aromatic N) is 1. The SMILES string of the molecule is CC1(C)C=CC(Cc2ccc[nH]2)=N1. The first kappa shape index (κ1) is 8.30. The maximum atomic E-state index is 4.58. The van der Waals surface area contributed by atoms with Crippen molar-refractivity contribution in [2.45, 2.75) is 25.8 Å². The van der Waals surface area contributed by atoms with Crippen LogP contribution in [0.4, 0.5) is 0 Å². The number of aromatic amines is 1. The minimum absolute atomic E-state index is 0.00191. The lowest BCUT2D eigenvalue weighted by atomic mass is 10.1. The number of nitrogens with one attached hydrogen (secondary N) is 1. The van der Waals surface area contributed by atoms with Gasteiger partial charge in [0.2, 0.25) is 0 Å². The van der Waals surface area contributed by atoms with E-state index in [9.17, 15) is 0 Å². The van der Waals surface area contributed by atoms with Gasteiger partial charge in [-0.05, 0) is 32.1 Å². The average Bonchev–Trinajstić information content (AvgIpc) is 2.61. The van der Waals surface area contributed by atoms with E-state index in [2.05, 4.69) is 42.0 Å². The van der Waals surface area contributed by atoms with Gasteiger partial charge in [-0.2, -0.15) is 0 Å². The fraction of sp³-hybridized carbons (Fsp3) is 0.364. The molecule has 0 spiro atoms. The normalized spacial score (nSPS) is 19.1. The van der Waals surface area contributed by atoms with Gasteiger partial charge in [0.15, 0.2) is 0 Å². The Bertz CT molecular complexity index is 342. The van der Waals surface area contributed by atoms with Crippen LogP contribution in [-0.2, 0) is 6.42 Å². The third kappa shape index (κ3) is 1.89. The monoisotopic (exact) mass is 174 g/mol. The van der Waals surface area contributed by atoms with Crippen LogP contribution < -0.4 is 0 Å². The molecule has 0 fully saturated rings. The van der Waals surface area contributed by atoms with Crippen LogP contribution in [-0.4, -0.2) is 16.2 Å². The van der Waals surface area contributed by atoms with E-state index in [0.717, 1.165) is 12.1 Å². The largest absolute Gasteiger partial charge is 0.365 e. The summed E-state index contributed by atoms with van der Waals surface area (Å²) in [7, 11) is 0. The van der Waals surface area contributed by atoms with Crippen molar-refractivity contribution in [3.63, 3.8) is 0 Å². The molecule has 0 radical (unpaired) electrons. The molecule has 0 amide bonds. The smallest absolute Gasteiger partial charge is 0.0738 e. The molecule has 2 heteroatoms. The predicted molar refractivity (Wildman–Crippen MR) is 55.2 cm³/mol. The molecule has 0 saturated carbocycles. The lowest BCUT2D eigenvalue weighted by molar-refractivity contribution is 0.668. The van der Waals surface area contributed by atoms with Crippen molar-refractivity contribution in [3.05, 3.63) is 36.2 Å². The van der Waals surface area contributed by atoms with Gasteiger partial charge in [0, 0.05) is 24.0 Å². The quantitative estimate of drug-likeness (QED) is 0.713. The molecule has 0 aliphatic carbocycles. The summed E-state index contributed by atoms with van der Waals surface area (Å²) < 4.78 is 0. The van der Waals surface area contributed by atoms with Crippen molar-refractivity contribution < 1.29 is 0 Å². The second-order valence-corrected chi connectivity index (χ2v) is 3.96. The average molecular weight is 174 g/mol. The molecule has 1 aromatic heterocycles.